The van der Waals surface area contributed by atoms with Crippen LogP contribution in [-0.4, -0.2) is 46.1 Å². The first-order chi connectivity index (χ1) is 16.1. The third kappa shape index (κ3) is 6.22. The number of piperidine rings is 1. The van der Waals surface area contributed by atoms with Gasteiger partial charge in [-0.3, -0.25) is 10.1 Å². The Bertz CT molecular complexity index is 1100. The van der Waals surface area contributed by atoms with Crippen molar-refractivity contribution in [3.63, 3.8) is 0 Å². The number of hydrogen-bond donors (Lipinski definition) is 3. The molecule has 1 aromatic heterocycles. The molecule has 1 fully saturated rings. The number of aromatic nitrogens is 1. The Hall–Kier alpha value is -4.07. The van der Waals surface area contributed by atoms with Crippen LogP contribution in [0.15, 0.2) is 72.9 Å². The molecule has 3 aromatic rings. The van der Waals surface area contributed by atoms with Gasteiger partial charge in [-0.1, -0.05) is 36.4 Å². The van der Waals surface area contributed by atoms with Gasteiger partial charge < -0.3 is 20.1 Å². The van der Waals surface area contributed by atoms with Gasteiger partial charge in [0.05, 0.1) is 0 Å². The molecule has 2 heterocycles. The number of phenolic OH excluding ortho intramolecular Hbond substituents is 1. The van der Waals surface area contributed by atoms with Gasteiger partial charge in [0.25, 0.3) is 5.91 Å². The molecule has 33 heavy (non-hydrogen) atoms. The zero-order valence-corrected chi connectivity index (χ0v) is 18.1. The maximum atomic E-state index is 12.7. The number of aromatic hydroxyl groups is 1. The molecule has 0 radical (unpaired) electrons. The summed E-state index contributed by atoms with van der Waals surface area (Å²) in [6, 6.07) is 19.3. The number of anilines is 1. The molecule has 0 spiro atoms. The zero-order chi connectivity index (χ0) is 23.0. The van der Waals surface area contributed by atoms with E-state index in [0.29, 0.717) is 49.6 Å². The van der Waals surface area contributed by atoms with Crippen LogP contribution in [0.25, 0.3) is 0 Å². The van der Waals surface area contributed by atoms with Crippen LogP contribution in [0.1, 0.15) is 28.8 Å². The van der Waals surface area contributed by atoms with Crippen LogP contribution in [0.3, 0.4) is 0 Å². The van der Waals surface area contributed by atoms with Crippen LogP contribution in [-0.2, 0) is 6.54 Å². The molecule has 0 saturated carbocycles. The topological polar surface area (TPSA) is 104 Å². The average Bonchev–Trinajstić information content (AvgIpc) is 2.84. The molecular formula is C25H26N4O4. The van der Waals surface area contributed by atoms with Crippen LogP contribution < -0.4 is 15.4 Å². The van der Waals surface area contributed by atoms with Gasteiger partial charge in [0.1, 0.15) is 23.4 Å². The van der Waals surface area contributed by atoms with Crippen molar-refractivity contribution in [1.82, 2.24) is 15.2 Å². The second-order valence-corrected chi connectivity index (χ2v) is 7.83. The molecular weight excluding hydrogens is 420 g/mol. The van der Waals surface area contributed by atoms with Crippen LogP contribution in [0.5, 0.6) is 11.5 Å². The van der Waals surface area contributed by atoms with Crippen molar-refractivity contribution in [2.75, 3.05) is 18.4 Å². The molecule has 0 aliphatic carbocycles. The molecule has 3 N–H and O–H groups in total. The molecule has 1 aliphatic heterocycles. The summed E-state index contributed by atoms with van der Waals surface area (Å²) in [5.74, 6) is 0.865. The normalized spacial score (nSPS) is 13.9. The molecule has 8 heteroatoms. The van der Waals surface area contributed by atoms with Crippen molar-refractivity contribution in [2.24, 2.45) is 0 Å². The molecule has 170 valence electrons. The second-order valence-electron chi connectivity index (χ2n) is 7.83. The van der Waals surface area contributed by atoms with E-state index in [2.05, 4.69) is 15.6 Å². The maximum Gasteiger partial charge on any atom is 0.323 e. The van der Waals surface area contributed by atoms with Crippen molar-refractivity contribution in [2.45, 2.75) is 25.5 Å². The summed E-state index contributed by atoms with van der Waals surface area (Å²) in [7, 11) is 0. The fourth-order valence-electron chi connectivity index (χ4n) is 3.64. The van der Waals surface area contributed by atoms with E-state index < -0.39 is 0 Å². The van der Waals surface area contributed by atoms with Gasteiger partial charge in [-0.15, -0.1) is 0 Å². The van der Waals surface area contributed by atoms with Gasteiger partial charge in [0.15, 0.2) is 0 Å². The summed E-state index contributed by atoms with van der Waals surface area (Å²) in [6.45, 7) is 1.49. The van der Waals surface area contributed by atoms with Crippen molar-refractivity contribution in [3.8, 4) is 11.5 Å². The van der Waals surface area contributed by atoms with Gasteiger partial charge in [-0.05, 0) is 29.8 Å². The first-order valence-corrected chi connectivity index (χ1v) is 10.9. The van der Waals surface area contributed by atoms with Crippen LogP contribution in [0, 0.1) is 0 Å². The zero-order valence-electron chi connectivity index (χ0n) is 18.1. The minimum Gasteiger partial charge on any atom is -0.508 e. The van der Waals surface area contributed by atoms with Gasteiger partial charge in [-0.25, -0.2) is 9.78 Å². The number of amides is 3. The molecule has 2 aromatic carbocycles. The number of carbonyl (C=O) groups excluding carboxylic acids is 2. The monoisotopic (exact) mass is 446 g/mol. The summed E-state index contributed by atoms with van der Waals surface area (Å²) in [5, 5.41) is 15.2. The SMILES string of the molecule is O=C(NCc1ccccc1)c1ccnc(NC(=O)N2CCC(Oc3cccc(O)c3)CC2)c1. The predicted octanol–water partition coefficient (Wildman–Crippen LogP) is 3.79. The Balaban J connectivity index is 1.27. The third-order valence-electron chi connectivity index (χ3n) is 5.40. The Morgan fingerprint density at radius 1 is 1.03 bits per heavy atom. The Labute approximate surface area is 192 Å². The fourth-order valence-corrected chi connectivity index (χ4v) is 3.64. The van der Waals surface area contributed by atoms with E-state index >= 15 is 0 Å². The number of rotatable bonds is 6. The van der Waals surface area contributed by atoms with E-state index in [1.54, 1.807) is 41.3 Å². The standard InChI is InChI=1S/C25H26N4O4/c30-20-7-4-8-22(16-20)33-21-10-13-29(14-11-21)25(32)28-23-15-19(9-12-26-23)24(31)27-17-18-5-2-1-3-6-18/h1-9,12,15-16,21,30H,10-11,13-14,17H2,(H,27,31)(H,26,28,32). The summed E-state index contributed by atoms with van der Waals surface area (Å²) < 4.78 is 5.90. The first-order valence-electron chi connectivity index (χ1n) is 10.9. The van der Waals surface area contributed by atoms with Crippen molar-refractivity contribution in [1.29, 1.82) is 0 Å². The first kappa shape index (κ1) is 22.1. The van der Waals surface area contributed by atoms with E-state index in [4.69, 9.17) is 4.74 Å². The highest BCUT2D eigenvalue weighted by molar-refractivity contribution is 5.96. The van der Waals surface area contributed by atoms with Crippen molar-refractivity contribution in [3.05, 3.63) is 84.1 Å². The van der Waals surface area contributed by atoms with E-state index in [-0.39, 0.29) is 23.8 Å². The highest BCUT2D eigenvalue weighted by atomic mass is 16.5. The number of likely N-dealkylation sites (tertiary alicyclic amines) is 1. The number of nitrogens with zero attached hydrogens (tertiary/aromatic N) is 2. The smallest absolute Gasteiger partial charge is 0.323 e. The van der Waals surface area contributed by atoms with Crippen LogP contribution in [0.2, 0.25) is 0 Å². The van der Waals surface area contributed by atoms with Gasteiger partial charge in [0, 0.05) is 50.3 Å². The number of carbonyl (C=O) groups is 2. The van der Waals surface area contributed by atoms with E-state index in [0.717, 1.165) is 5.56 Å². The Morgan fingerprint density at radius 3 is 2.58 bits per heavy atom. The molecule has 4 rings (SSSR count). The summed E-state index contributed by atoms with van der Waals surface area (Å²) in [5.41, 5.74) is 1.43. The number of hydrogen-bond acceptors (Lipinski definition) is 5. The fraction of sp³-hybridized carbons (Fsp3) is 0.240. The number of urea groups is 1. The number of nitrogens with one attached hydrogen (secondary N) is 2. The molecule has 8 nitrogen and oxygen atoms in total. The quantitative estimate of drug-likeness (QED) is 0.534. The number of phenols is 1. The van der Waals surface area contributed by atoms with Crippen molar-refractivity contribution < 1.29 is 19.4 Å². The minimum atomic E-state index is -0.264. The third-order valence-corrected chi connectivity index (χ3v) is 5.40. The number of benzene rings is 2. The Kier molecular flexibility index (Phi) is 7.04. The molecule has 1 saturated heterocycles. The molecule has 0 bridgehead atoms. The lowest BCUT2D eigenvalue weighted by Crippen LogP contribution is -2.43. The molecule has 0 unspecified atom stereocenters. The summed E-state index contributed by atoms with van der Waals surface area (Å²) in [6.07, 6.45) is 2.84. The lowest BCUT2D eigenvalue weighted by atomic mass is 10.1. The lowest BCUT2D eigenvalue weighted by molar-refractivity contribution is 0.0950. The predicted molar refractivity (Wildman–Crippen MR) is 124 cm³/mol. The van der Waals surface area contributed by atoms with E-state index in [9.17, 15) is 14.7 Å². The second kappa shape index (κ2) is 10.5. The highest BCUT2D eigenvalue weighted by Gasteiger charge is 2.24. The van der Waals surface area contributed by atoms with Crippen LogP contribution >= 0.6 is 0 Å². The number of ether oxygens (including phenoxy) is 1. The maximum absolute atomic E-state index is 12.7. The van der Waals surface area contributed by atoms with Gasteiger partial charge >= 0.3 is 6.03 Å². The van der Waals surface area contributed by atoms with Crippen molar-refractivity contribution >= 4 is 17.8 Å². The van der Waals surface area contributed by atoms with Crippen LogP contribution in [0.4, 0.5) is 10.6 Å². The molecule has 3 amide bonds. The van der Waals surface area contributed by atoms with E-state index in [1.165, 1.54) is 6.20 Å². The lowest BCUT2D eigenvalue weighted by Gasteiger charge is -2.32. The summed E-state index contributed by atoms with van der Waals surface area (Å²) in [4.78, 5) is 31.0. The Morgan fingerprint density at radius 2 is 1.82 bits per heavy atom. The summed E-state index contributed by atoms with van der Waals surface area (Å²) >= 11 is 0. The number of pyridine rings is 1. The minimum absolute atomic E-state index is 0.0226. The van der Waals surface area contributed by atoms with Gasteiger partial charge in [-0.2, -0.15) is 0 Å². The van der Waals surface area contributed by atoms with Gasteiger partial charge in [0.2, 0.25) is 0 Å². The van der Waals surface area contributed by atoms with E-state index in [1.807, 2.05) is 30.3 Å². The average molecular weight is 447 g/mol. The molecule has 1 aliphatic rings. The largest absolute Gasteiger partial charge is 0.508 e. The highest BCUT2D eigenvalue weighted by Crippen LogP contribution is 2.23. The molecule has 0 atom stereocenters.